The van der Waals surface area contributed by atoms with Crippen molar-refractivity contribution in [3.8, 4) is 5.69 Å². The maximum absolute atomic E-state index is 2.55. The molecule has 0 radical (unpaired) electrons. The van der Waals surface area contributed by atoms with Crippen molar-refractivity contribution in [1.82, 2.24) is 4.57 Å². The second-order valence-electron chi connectivity index (χ2n) is 10.2. The number of rotatable bonds is 5. The van der Waals surface area contributed by atoms with E-state index in [9.17, 15) is 0 Å². The molecule has 0 aliphatic carbocycles. The van der Waals surface area contributed by atoms with Crippen molar-refractivity contribution in [2.75, 3.05) is 0 Å². The Hall–Kier alpha value is -2.87. The summed E-state index contributed by atoms with van der Waals surface area (Å²) in [5, 5.41) is 0. The number of aryl methyl sites for hydroxylation is 2. The zero-order chi connectivity index (χ0) is 23.2. The van der Waals surface area contributed by atoms with Crippen LogP contribution in [0, 0.1) is 13.8 Å². The molecule has 0 atom stereocenters. The van der Waals surface area contributed by atoms with Crippen molar-refractivity contribution in [3.05, 3.63) is 94.8 Å². The minimum Gasteiger partial charge on any atom is -0.224 e. The number of imidazole rings is 1. The van der Waals surface area contributed by atoms with Gasteiger partial charge in [-0.25, -0.2) is 4.57 Å². The lowest BCUT2D eigenvalue weighted by Crippen LogP contribution is -2.46. The molecule has 0 aliphatic heterocycles. The average Bonchev–Trinajstić information content (AvgIpc) is 3.10. The van der Waals surface area contributed by atoms with Gasteiger partial charge in [-0.1, -0.05) is 68.4 Å². The smallest absolute Gasteiger partial charge is 0.224 e. The van der Waals surface area contributed by atoms with E-state index >= 15 is 0 Å². The molecule has 0 amide bonds. The first kappa shape index (κ1) is 22.3. The number of nitrogens with zero attached hydrogens (tertiary/aromatic N) is 2. The third-order valence-electron chi connectivity index (χ3n) is 6.82. The third-order valence-corrected chi connectivity index (χ3v) is 6.82. The van der Waals surface area contributed by atoms with Gasteiger partial charge in [0.2, 0.25) is 0 Å². The van der Waals surface area contributed by atoms with Crippen LogP contribution in [0.5, 0.6) is 0 Å². The molecule has 0 N–H and O–H groups in total. The van der Waals surface area contributed by atoms with Gasteiger partial charge >= 0.3 is 0 Å². The fraction of sp³-hybridized carbons (Fsp3) is 0.367. The van der Waals surface area contributed by atoms with E-state index in [1.54, 1.807) is 0 Å². The minimum atomic E-state index is -0.196. The zero-order valence-corrected chi connectivity index (χ0v) is 20.9. The first-order chi connectivity index (χ1) is 15.2. The molecule has 0 saturated heterocycles. The van der Waals surface area contributed by atoms with Crippen LogP contribution in [0.2, 0.25) is 0 Å². The Balaban J connectivity index is 2.20. The number of benzene rings is 3. The topological polar surface area (TPSA) is 8.81 Å². The van der Waals surface area contributed by atoms with E-state index in [1.165, 1.54) is 44.8 Å². The van der Waals surface area contributed by atoms with Crippen LogP contribution in [0.15, 0.2) is 66.7 Å². The fourth-order valence-corrected chi connectivity index (χ4v) is 5.37. The molecule has 3 aromatic carbocycles. The van der Waals surface area contributed by atoms with Crippen LogP contribution in [0.1, 0.15) is 81.6 Å². The van der Waals surface area contributed by atoms with E-state index in [0.29, 0.717) is 12.0 Å². The van der Waals surface area contributed by atoms with Crippen LogP contribution in [-0.4, -0.2) is 4.57 Å². The van der Waals surface area contributed by atoms with Gasteiger partial charge in [-0.2, -0.15) is 4.57 Å². The van der Waals surface area contributed by atoms with Crippen molar-refractivity contribution in [2.45, 2.75) is 72.8 Å². The molecular formula is C30H37N2+. The quantitative estimate of drug-likeness (QED) is 0.292. The largest absolute Gasteiger partial charge is 0.273 e. The summed E-state index contributed by atoms with van der Waals surface area (Å²) in [6.07, 6.45) is 0. The van der Waals surface area contributed by atoms with Crippen LogP contribution in [0.25, 0.3) is 16.7 Å². The number of hydrogen-bond donors (Lipinski definition) is 0. The summed E-state index contributed by atoms with van der Waals surface area (Å²) in [4.78, 5) is 0. The molecule has 2 heteroatoms. The monoisotopic (exact) mass is 425 g/mol. The summed E-state index contributed by atoms with van der Waals surface area (Å²) >= 11 is 0. The lowest BCUT2D eigenvalue weighted by Gasteiger charge is -2.28. The van der Waals surface area contributed by atoms with Gasteiger partial charge in [0.1, 0.15) is 5.69 Å². The lowest BCUT2D eigenvalue weighted by molar-refractivity contribution is -0.701. The number of hydrogen-bond acceptors (Lipinski definition) is 0. The highest BCUT2D eigenvalue weighted by Gasteiger charge is 2.42. The van der Waals surface area contributed by atoms with Crippen molar-refractivity contribution < 1.29 is 4.57 Å². The number of fused-ring (bicyclic) bond motifs is 1. The molecule has 2 nitrogen and oxygen atoms in total. The van der Waals surface area contributed by atoms with E-state index in [0.717, 1.165) is 0 Å². The Kier molecular flexibility index (Phi) is 5.75. The Morgan fingerprint density at radius 3 is 1.97 bits per heavy atom. The number of aromatic nitrogens is 2. The standard InChI is InChI=1S/C30H37N2/c1-20(2)24-16-9-10-17-25(24)30(7,8)29-31(21(3)4)26-18-11-12-19-27(26)32(29)28-22(5)14-13-15-23(28)6/h9-21H,1-8H3/q+1. The molecule has 0 unspecified atom stereocenters. The van der Waals surface area contributed by atoms with Crippen molar-refractivity contribution in [3.63, 3.8) is 0 Å². The van der Waals surface area contributed by atoms with Crippen LogP contribution in [0.4, 0.5) is 0 Å². The molecule has 166 valence electrons. The van der Waals surface area contributed by atoms with Crippen LogP contribution in [-0.2, 0) is 5.41 Å². The van der Waals surface area contributed by atoms with Gasteiger partial charge in [-0.15, -0.1) is 0 Å². The highest BCUT2D eigenvalue weighted by molar-refractivity contribution is 5.76. The molecule has 0 spiro atoms. The maximum atomic E-state index is 2.55. The molecule has 0 fully saturated rings. The van der Waals surface area contributed by atoms with E-state index in [2.05, 4.69) is 131 Å². The third kappa shape index (κ3) is 3.46. The van der Waals surface area contributed by atoms with Gasteiger partial charge in [0.05, 0.1) is 11.5 Å². The van der Waals surface area contributed by atoms with E-state index in [-0.39, 0.29) is 5.41 Å². The van der Waals surface area contributed by atoms with E-state index in [1.807, 2.05) is 0 Å². The summed E-state index contributed by atoms with van der Waals surface area (Å²) in [5.74, 6) is 1.80. The lowest BCUT2D eigenvalue weighted by atomic mass is 9.78. The van der Waals surface area contributed by atoms with Gasteiger partial charge in [0.25, 0.3) is 5.82 Å². The average molecular weight is 426 g/mol. The van der Waals surface area contributed by atoms with Crippen LogP contribution in [0.3, 0.4) is 0 Å². The minimum absolute atomic E-state index is 0.196. The van der Waals surface area contributed by atoms with Gasteiger partial charge < -0.3 is 0 Å². The van der Waals surface area contributed by atoms with Crippen molar-refractivity contribution in [2.24, 2.45) is 0 Å². The molecule has 0 saturated carbocycles. The van der Waals surface area contributed by atoms with Gasteiger partial charge in [-0.05, 0) is 81.8 Å². The first-order valence-electron chi connectivity index (χ1n) is 11.9. The van der Waals surface area contributed by atoms with Gasteiger partial charge in [-0.3, -0.25) is 0 Å². The SMILES string of the molecule is Cc1cccc(C)c1-n1c(C(C)(C)c2ccccc2C(C)C)[n+](C(C)C)c2ccccc21. The van der Waals surface area contributed by atoms with Crippen molar-refractivity contribution in [1.29, 1.82) is 0 Å². The maximum Gasteiger partial charge on any atom is 0.273 e. The fourth-order valence-electron chi connectivity index (χ4n) is 5.37. The Labute approximate surface area is 193 Å². The van der Waals surface area contributed by atoms with Gasteiger partial charge in [0, 0.05) is 0 Å². The molecule has 32 heavy (non-hydrogen) atoms. The van der Waals surface area contributed by atoms with Crippen LogP contribution >= 0.6 is 0 Å². The Morgan fingerprint density at radius 2 is 1.34 bits per heavy atom. The molecule has 1 aromatic heterocycles. The normalized spacial score (nSPS) is 12.3. The highest BCUT2D eigenvalue weighted by Crippen LogP contribution is 2.39. The molecule has 0 bridgehead atoms. The molecule has 1 heterocycles. The summed E-state index contributed by atoms with van der Waals surface area (Å²) < 4.78 is 5.09. The van der Waals surface area contributed by atoms with Crippen LogP contribution < -0.4 is 4.57 Å². The Morgan fingerprint density at radius 1 is 0.750 bits per heavy atom. The summed E-state index contributed by atoms with van der Waals surface area (Å²) in [5.41, 5.74) is 9.09. The zero-order valence-electron chi connectivity index (χ0n) is 20.9. The summed E-state index contributed by atoms with van der Waals surface area (Å²) in [6.45, 7) is 18.5. The molecule has 0 aliphatic rings. The summed E-state index contributed by atoms with van der Waals surface area (Å²) in [7, 11) is 0. The second kappa shape index (κ2) is 8.24. The Bertz CT molecular complexity index is 1250. The predicted octanol–water partition coefficient (Wildman–Crippen LogP) is 7.57. The molecule has 4 rings (SSSR count). The van der Waals surface area contributed by atoms with Crippen molar-refractivity contribution >= 4 is 11.0 Å². The van der Waals surface area contributed by atoms with E-state index < -0.39 is 0 Å². The van der Waals surface area contributed by atoms with Gasteiger partial charge in [0.15, 0.2) is 11.0 Å². The second-order valence-corrected chi connectivity index (χ2v) is 10.2. The summed E-state index contributed by atoms with van der Waals surface area (Å²) in [6, 6.07) is 24.8. The molecular weight excluding hydrogens is 388 g/mol. The predicted molar refractivity (Wildman–Crippen MR) is 136 cm³/mol. The van der Waals surface area contributed by atoms with E-state index in [4.69, 9.17) is 0 Å². The number of para-hydroxylation sites is 3. The first-order valence-corrected chi connectivity index (χ1v) is 11.9. The molecule has 4 aromatic rings. The highest BCUT2D eigenvalue weighted by atomic mass is 15.2.